The van der Waals surface area contributed by atoms with Crippen LogP contribution in [-0.4, -0.2) is 35.3 Å². The van der Waals surface area contributed by atoms with E-state index in [0.717, 1.165) is 25.7 Å². The number of Topliss-reactive ketones (excluding diaryl/α,β-unsaturated/α-hetero) is 1. The Labute approximate surface area is 105 Å². The third kappa shape index (κ3) is 12.7. The van der Waals surface area contributed by atoms with Gasteiger partial charge in [0.2, 0.25) is 0 Å². The molecule has 0 heterocycles. The van der Waals surface area contributed by atoms with Crippen molar-refractivity contribution in [2.24, 2.45) is 0 Å². The Morgan fingerprint density at radius 3 is 1.54 bits per heavy atom. The SMILES string of the molecule is CCCCCC(=O)CCCCC.[NaH]. The van der Waals surface area contributed by atoms with Gasteiger partial charge in [-0.25, -0.2) is 0 Å². The zero-order valence-corrected chi connectivity index (χ0v) is 8.57. The van der Waals surface area contributed by atoms with Crippen LogP contribution in [0.1, 0.15) is 65.2 Å². The topological polar surface area (TPSA) is 17.1 Å². The molecule has 0 aliphatic rings. The van der Waals surface area contributed by atoms with E-state index in [4.69, 9.17) is 0 Å². The van der Waals surface area contributed by atoms with E-state index in [1.54, 1.807) is 0 Å². The van der Waals surface area contributed by atoms with E-state index in [1.165, 1.54) is 25.7 Å². The van der Waals surface area contributed by atoms with E-state index in [2.05, 4.69) is 13.8 Å². The molecule has 0 rings (SSSR count). The molecule has 0 fully saturated rings. The normalized spacial score (nSPS) is 9.38. The van der Waals surface area contributed by atoms with Gasteiger partial charge in [0.15, 0.2) is 0 Å². The molecule has 0 aromatic carbocycles. The number of unbranched alkanes of at least 4 members (excludes halogenated alkanes) is 4. The Balaban J connectivity index is 0. The van der Waals surface area contributed by atoms with Crippen LogP contribution in [0.15, 0.2) is 0 Å². The molecule has 0 unspecified atom stereocenters. The molecule has 1 nitrogen and oxygen atoms in total. The van der Waals surface area contributed by atoms with Crippen molar-refractivity contribution in [3.05, 3.63) is 0 Å². The summed E-state index contributed by atoms with van der Waals surface area (Å²) in [5.41, 5.74) is 0. The van der Waals surface area contributed by atoms with Crippen molar-refractivity contribution < 1.29 is 4.79 Å². The van der Waals surface area contributed by atoms with E-state index in [-0.39, 0.29) is 29.6 Å². The summed E-state index contributed by atoms with van der Waals surface area (Å²) < 4.78 is 0. The van der Waals surface area contributed by atoms with E-state index >= 15 is 0 Å². The molecule has 0 amide bonds. The summed E-state index contributed by atoms with van der Waals surface area (Å²) in [6, 6.07) is 0. The predicted octanol–water partition coefficient (Wildman–Crippen LogP) is 3.07. The second kappa shape index (κ2) is 12.7. The molecule has 0 radical (unpaired) electrons. The molecule has 0 saturated carbocycles. The summed E-state index contributed by atoms with van der Waals surface area (Å²) >= 11 is 0. The van der Waals surface area contributed by atoms with Gasteiger partial charge >= 0.3 is 29.6 Å². The fourth-order valence-electron chi connectivity index (χ4n) is 1.27. The number of rotatable bonds is 8. The third-order valence-electron chi connectivity index (χ3n) is 2.12. The number of carbonyl (C=O) groups is 1. The van der Waals surface area contributed by atoms with E-state index in [0.29, 0.717) is 5.78 Å². The van der Waals surface area contributed by atoms with Gasteiger partial charge in [0.25, 0.3) is 0 Å². The summed E-state index contributed by atoms with van der Waals surface area (Å²) in [7, 11) is 0. The molecule has 0 aliphatic carbocycles. The minimum atomic E-state index is 0. The summed E-state index contributed by atoms with van der Waals surface area (Å²) in [5, 5.41) is 0. The molecule has 0 aromatic rings. The van der Waals surface area contributed by atoms with Gasteiger partial charge in [-0.05, 0) is 12.8 Å². The molecule has 0 bridgehead atoms. The van der Waals surface area contributed by atoms with Gasteiger partial charge in [0.1, 0.15) is 5.78 Å². The third-order valence-corrected chi connectivity index (χ3v) is 2.12. The average molecular weight is 194 g/mol. The molecule has 0 aliphatic heterocycles. The van der Waals surface area contributed by atoms with Gasteiger partial charge < -0.3 is 0 Å². The second-order valence-electron chi connectivity index (χ2n) is 3.45. The summed E-state index contributed by atoms with van der Waals surface area (Å²) in [6.07, 6.45) is 8.67. The molecule has 0 atom stereocenters. The summed E-state index contributed by atoms with van der Waals surface area (Å²) in [5.74, 6) is 0.469. The molecule has 74 valence electrons. The number of hydrogen-bond donors (Lipinski definition) is 0. The van der Waals surface area contributed by atoms with Crippen molar-refractivity contribution in [1.82, 2.24) is 0 Å². The fraction of sp³-hybridized carbons (Fsp3) is 0.909. The Bertz CT molecular complexity index is 101. The molecule has 0 aromatic heterocycles. The first-order valence-electron chi connectivity index (χ1n) is 5.33. The van der Waals surface area contributed by atoms with Crippen LogP contribution in [0, 0.1) is 0 Å². The van der Waals surface area contributed by atoms with Gasteiger partial charge in [-0.1, -0.05) is 39.5 Å². The maximum atomic E-state index is 11.2. The van der Waals surface area contributed by atoms with Crippen LogP contribution < -0.4 is 0 Å². The molecular weight excluding hydrogens is 171 g/mol. The Morgan fingerprint density at radius 2 is 1.23 bits per heavy atom. The second-order valence-corrected chi connectivity index (χ2v) is 3.45. The Kier molecular flexibility index (Phi) is 15.7. The first kappa shape index (κ1) is 16.1. The number of ketones is 1. The number of carbonyl (C=O) groups excluding carboxylic acids is 1. The average Bonchev–Trinajstić information content (AvgIpc) is 2.06. The van der Waals surface area contributed by atoms with Crippen molar-refractivity contribution in [2.45, 2.75) is 65.2 Å². The maximum absolute atomic E-state index is 11.2. The minimum absolute atomic E-state index is 0. The van der Waals surface area contributed by atoms with Gasteiger partial charge in [-0.2, -0.15) is 0 Å². The van der Waals surface area contributed by atoms with Crippen LogP contribution >= 0.6 is 0 Å². The molecule has 13 heavy (non-hydrogen) atoms. The fourth-order valence-corrected chi connectivity index (χ4v) is 1.27. The van der Waals surface area contributed by atoms with Crippen LogP contribution in [0.5, 0.6) is 0 Å². The van der Waals surface area contributed by atoms with Gasteiger partial charge in [0, 0.05) is 12.8 Å². The predicted molar refractivity (Wildman–Crippen MR) is 60.4 cm³/mol. The van der Waals surface area contributed by atoms with E-state index < -0.39 is 0 Å². The van der Waals surface area contributed by atoms with Crippen LogP contribution in [0.4, 0.5) is 0 Å². The zero-order chi connectivity index (χ0) is 9.23. The first-order valence-corrected chi connectivity index (χ1v) is 5.33. The number of hydrogen-bond acceptors (Lipinski definition) is 1. The van der Waals surface area contributed by atoms with Crippen molar-refractivity contribution >= 4 is 35.3 Å². The monoisotopic (exact) mass is 194 g/mol. The van der Waals surface area contributed by atoms with Crippen molar-refractivity contribution in [1.29, 1.82) is 0 Å². The van der Waals surface area contributed by atoms with Crippen molar-refractivity contribution in [2.75, 3.05) is 0 Å². The first-order chi connectivity index (χ1) is 5.81. The van der Waals surface area contributed by atoms with E-state index in [1.807, 2.05) is 0 Å². The van der Waals surface area contributed by atoms with Crippen LogP contribution in [0.25, 0.3) is 0 Å². The van der Waals surface area contributed by atoms with Crippen molar-refractivity contribution in [3.63, 3.8) is 0 Å². The molecule has 0 N–H and O–H groups in total. The van der Waals surface area contributed by atoms with Crippen molar-refractivity contribution in [3.8, 4) is 0 Å². The molecule has 2 heteroatoms. The standard InChI is InChI=1S/C11H22O.Na.H/c1-3-5-7-9-11(12)10-8-6-4-2;;/h3-10H2,1-2H3;;. The van der Waals surface area contributed by atoms with Crippen LogP contribution in [-0.2, 0) is 4.79 Å². The zero-order valence-electron chi connectivity index (χ0n) is 8.57. The van der Waals surface area contributed by atoms with E-state index in [9.17, 15) is 4.79 Å². The molecular formula is C11H23NaO. The Hall–Kier alpha value is 0.670. The van der Waals surface area contributed by atoms with Gasteiger partial charge in [0.05, 0.1) is 0 Å². The summed E-state index contributed by atoms with van der Waals surface area (Å²) in [4.78, 5) is 11.2. The van der Waals surface area contributed by atoms with Crippen LogP contribution in [0.2, 0.25) is 0 Å². The quantitative estimate of drug-likeness (QED) is 0.428. The molecule has 0 spiro atoms. The molecule has 0 saturated heterocycles. The Morgan fingerprint density at radius 1 is 0.846 bits per heavy atom. The van der Waals surface area contributed by atoms with Crippen LogP contribution in [0.3, 0.4) is 0 Å². The van der Waals surface area contributed by atoms with Gasteiger partial charge in [-0.3, -0.25) is 4.79 Å². The van der Waals surface area contributed by atoms with Gasteiger partial charge in [-0.15, -0.1) is 0 Å². The summed E-state index contributed by atoms with van der Waals surface area (Å²) in [6.45, 7) is 4.34.